The second-order valence-electron chi connectivity index (χ2n) is 15.2. The topological polar surface area (TPSA) is 99.1 Å². The number of hydrogen-bond acceptors (Lipinski definition) is 6. The molecule has 0 aliphatic carbocycles. The number of aliphatic carboxylic acids is 1. The van der Waals surface area contributed by atoms with Crippen LogP contribution in [0.25, 0.3) is 0 Å². The summed E-state index contributed by atoms with van der Waals surface area (Å²) < 4.78 is 17.2. The van der Waals surface area contributed by atoms with Crippen LogP contribution in [-0.2, 0) is 28.6 Å². The molecule has 0 aliphatic heterocycles. The Balaban J connectivity index is 4.46. The highest BCUT2D eigenvalue weighted by Gasteiger charge is 2.31. The zero-order valence-electron chi connectivity index (χ0n) is 35.2. The Morgan fingerprint density at radius 1 is 0.593 bits per heavy atom. The monoisotopic (exact) mass is 759 g/mol. The standard InChI is InChI=1S/C46H79NO7/c1-6-8-10-12-14-16-18-20-22-23-25-26-28-30-32-34-36-44(48)53-41-42(40-52-39-38-43(46(50)51)47(3,4)5)54-45(49)37-35-33-31-29-27-24-21-19-17-15-13-11-9-7-2/h9,11,15,17,21-26,42-43H,6-8,10,12-14,16,18-20,27-41H2,1-5H3/p+1/b11-9+,17-15+,23-22+,24-21+,26-25+. The molecule has 0 aromatic rings. The van der Waals surface area contributed by atoms with Crippen molar-refractivity contribution in [2.24, 2.45) is 0 Å². The van der Waals surface area contributed by atoms with E-state index in [9.17, 15) is 19.5 Å². The summed E-state index contributed by atoms with van der Waals surface area (Å²) in [5.74, 6) is -1.54. The molecule has 1 N–H and O–H groups in total. The summed E-state index contributed by atoms with van der Waals surface area (Å²) in [6.07, 6.45) is 44.1. The van der Waals surface area contributed by atoms with Crippen molar-refractivity contribution in [2.75, 3.05) is 41.0 Å². The van der Waals surface area contributed by atoms with Crippen LogP contribution in [0.2, 0.25) is 0 Å². The second kappa shape index (κ2) is 37.0. The van der Waals surface area contributed by atoms with Gasteiger partial charge in [-0.3, -0.25) is 9.59 Å². The lowest BCUT2D eigenvalue weighted by Crippen LogP contribution is -2.50. The van der Waals surface area contributed by atoms with Crippen LogP contribution in [0.5, 0.6) is 0 Å². The molecule has 0 rings (SSSR count). The largest absolute Gasteiger partial charge is 0.477 e. The molecule has 0 aromatic carbocycles. The van der Waals surface area contributed by atoms with Gasteiger partial charge in [-0.1, -0.05) is 132 Å². The number of quaternary nitrogens is 1. The van der Waals surface area contributed by atoms with E-state index in [4.69, 9.17) is 14.2 Å². The minimum absolute atomic E-state index is 0.0410. The van der Waals surface area contributed by atoms with Crippen molar-refractivity contribution >= 4 is 17.9 Å². The molecule has 0 saturated heterocycles. The molecular formula is C46H80NO7+. The Hall–Kier alpha value is -2.97. The quantitative estimate of drug-likeness (QED) is 0.0221. The molecular weight excluding hydrogens is 679 g/mol. The number of carboxylic acid groups (broad SMARTS) is 1. The van der Waals surface area contributed by atoms with E-state index in [1.54, 1.807) is 0 Å². The van der Waals surface area contributed by atoms with Crippen molar-refractivity contribution < 1.29 is 38.2 Å². The minimum Gasteiger partial charge on any atom is -0.477 e. The van der Waals surface area contributed by atoms with Crippen LogP contribution in [0.4, 0.5) is 0 Å². The first-order chi connectivity index (χ1) is 26.1. The Kier molecular flexibility index (Phi) is 34.9. The summed E-state index contributed by atoms with van der Waals surface area (Å²) in [6.45, 7) is 4.55. The van der Waals surface area contributed by atoms with Crippen LogP contribution in [0.15, 0.2) is 60.8 Å². The van der Waals surface area contributed by atoms with Crippen LogP contribution >= 0.6 is 0 Å². The van der Waals surface area contributed by atoms with Crippen LogP contribution in [0, 0.1) is 0 Å². The number of rotatable bonds is 37. The van der Waals surface area contributed by atoms with Gasteiger partial charge in [0.15, 0.2) is 12.1 Å². The van der Waals surface area contributed by atoms with Gasteiger partial charge in [-0.2, -0.15) is 0 Å². The van der Waals surface area contributed by atoms with Gasteiger partial charge in [0.05, 0.1) is 34.4 Å². The van der Waals surface area contributed by atoms with Crippen LogP contribution in [0.3, 0.4) is 0 Å². The molecule has 0 fully saturated rings. The molecule has 0 radical (unpaired) electrons. The summed E-state index contributed by atoms with van der Waals surface area (Å²) in [7, 11) is 5.50. The molecule has 0 spiro atoms. The Morgan fingerprint density at radius 3 is 1.67 bits per heavy atom. The maximum atomic E-state index is 12.7. The maximum Gasteiger partial charge on any atom is 0.362 e. The Bertz CT molecular complexity index is 1070. The smallest absolute Gasteiger partial charge is 0.362 e. The molecule has 8 heteroatoms. The van der Waals surface area contributed by atoms with E-state index in [1.165, 1.54) is 44.9 Å². The number of carbonyl (C=O) groups is 3. The van der Waals surface area contributed by atoms with Gasteiger partial charge >= 0.3 is 17.9 Å². The number of allylic oxidation sites excluding steroid dienone is 10. The second-order valence-corrected chi connectivity index (χ2v) is 15.2. The SMILES string of the molecule is CC/C=C/C/C=C/C/C=C/CCCCCCC(=O)OC(COCCC(C(=O)O)[N+](C)(C)C)COC(=O)CCCCC/C=C/C=C/CCCCCCCCC. The van der Waals surface area contributed by atoms with Crippen LogP contribution in [0.1, 0.15) is 162 Å². The fraction of sp³-hybridized carbons (Fsp3) is 0.717. The minimum atomic E-state index is -0.885. The van der Waals surface area contributed by atoms with E-state index >= 15 is 0 Å². The first kappa shape index (κ1) is 51.0. The third-order valence-corrected chi connectivity index (χ3v) is 9.18. The first-order valence-corrected chi connectivity index (χ1v) is 21.3. The summed E-state index contributed by atoms with van der Waals surface area (Å²) in [5.41, 5.74) is 0. The summed E-state index contributed by atoms with van der Waals surface area (Å²) in [5, 5.41) is 9.61. The van der Waals surface area contributed by atoms with E-state index in [1.807, 2.05) is 21.1 Å². The van der Waals surface area contributed by atoms with Crippen molar-refractivity contribution in [3.63, 3.8) is 0 Å². The number of ether oxygens (including phenoxy) is 3. The zero-order chi connectivity index (χ0) is 40.0. The third-order valence-electron chi connectivity index (χ3n) is 9.18. The Morgan fingerprint density at radius 2 is 1.09 bits per heavy atom. The summed E-state index contributed by atoms with van der Waals surface area (Å²) in [4.78, 5) is 36.9. The zero-order valence-corrected chi connectivity index (χ0v) is 35.2. The normalized spacial score (nSPS) is 13.6. The Labute approximate surface area is 330 Å². The van der Waals surface area contributed by atoms with Gasteiger partial charge in [-0.05, 0) is 70.6 Å². The number of nitrogens with zero attached hydrogens (tertiary/aromatic N) is 1. The molecule has 0 bridgehead atoms. The van der Waals surface area contributed by atoms with Crippen LogP contribution < -0.4 is 0 Å². The highest BCUT2D eigenvalue weighted by atomic mass is 16.6. The molecule has 2 unspecified atom stereocenters. The van der Waals surface area contributed by atoms with E-state index in [-0.39, 0.29) is 36.2 Å². The number of likely N-dealkylation sites (N-methyl/N-ethyl adjacent to an activating group) is 1. The van der Waals surface area contributed by atoms with Crippen molar-refractivity contribution in [1.82, 2.24) is 0 Å². The van der Waals surface area contributed by atoms with Crippen molar-refractivity contribution in [3.8, 4) is 0 Å². The van der Waals surface area contributed by atoms with Gasteiger partial charge in [0, 0.05) is 19.3 Å². The van der Waals surface area contributed by atoms with Gasteiger partial charge in [0.1, 0.15) is 6.61 Å². The maximum absolute atomic E-state index is 12.7. The molecule has 0 heterocycles. The molecule has 8 nitrogen and oxygen atoms in total. The lowest BCUT2D eigenvalue weighted by atomic mass is 10.1. The van der Waals surface area contributed by atoms with E-state index in [0.29, 0.717) is 19.3 Å². The lowest BCUT2D eigenvalue weighted by Gasteiger charge is -2.31. The molecule has 0 amide bonds. The van der Waals surface area contributed by atoms with Crippen LogP contribution in [-0.4, -0.2) is 80.6 Å². The van der Waals surface area contributed by atoms with Crippen molar-refractivity contribution in [2.45, 2.75) is 174 Å². The van der Waals surface area contributed by atoms with Gasteiger partial charge in [0.2, 0.25) is 0 Å². The number of unbranched alkanes of at least 4 members (excludes halogenated alkanes) is 14. The number of carbonyl (C=O) groups excluding carboxylic acids is 2. The fourth-order valence-corrected chi connectivity index (χ4v) is 5.86. The summed E-state index contributed by atoms with van der Waals surface area (Å²) >= 11 is 0. The van der Waals surface area contributed by atoms with Gasteiger partial charge in [0.25, 0.3) is 0 Å². The molecule has 54 heavy (non-hydrogen) atoms. The summed E-state index contributed by atoms with van der Waals surface area (Å²) in [6, 6.07) is -0.624. The molecule has 0 aromatic heterocycles. The number of carboxylic acids is 1. The predicted octanol–water partition coefficient (Wildman–Crippen LogP) is 11.4. The van der Waals surface area contributed by atoms with Gasteiger partial charge in [-0.15, -0.1) is 0 Å². The predicted molar refractivity (Wildman–Crippen MR) is 224 cm³/mol. The highest BCUT2D eigenvalue weighted by molar-refractivity contribution is 5.72. The van der Waals surface area contributed by atoms with E-state index < -0.39 is 18.1 Å². The highest BCUT2D eigenvalue weighted by Crippen LogP contribution is 2.12. The molecule has 0 aliphatic rings. The van der Waals surface area contributed by atoms with Gasteiger partial charge in [-0.25, -0.2) is 4.79 Å². The number of esters is 2. The number of hydrogen-bond donors (Lipinski definition) is 1. The molecule has 310 valence electrons. The fourth-order valence-electron chi connectivity index (χ4n) is 5.86. The van der Waals surface area contributed by atoms with Gasteiger partial charge < -0.3 is 23.8 Å². The van der Waals surface area contributed by atoms with E-state index in [0.717, 1.165) is 83.5 Å². The van der Waals surface area contributed by atoms with E-state index in [2.05, 4.69) is 74.6 Å². The average molecular weight is 759 g/mol. The van der Waals surface area contributed by atoms with Crippen molar-refractivity contribution in [1.29, 1.82) is 0 Å². The first-order valence-electron chi connectivity index (χ1n) is 21.3. The molecule has 2 atom stereocenters. The third kappa shape index (κ3) is 34.8. The average Bonchev–Trinajstić information content (AvgIpc) is 3.12. The van der Waals surface area contributed by atoms with Crippen molar-refractivity contribution in [3.05, 3.63) is 60.8 Å². The molecule has 0 saturated carbocycles. The lowest BCUT2D eigenvalue weighted by molar-refractivity contribution is -0.887.